The summed E-state index contributed by atoms with van der Waals surface area (Å²) in [5.41, 5.74) is 2.09. The Bertz CT molecular complexity index is 423. The van der Waals surface area contributed by atoms with Gasteiger partial charge in [0.15, 0.2) is 0 Å². The monoisotopic (exact) mass is 285 g/mol. The minimum Gasteiger partial charge on any atom is -0.393 e. The fourth-order valence-corrected chi connectivity index (χ4v) is 3.15. The molecule has 1 fully saturated rings. The molecule has 4 nitrogen and oxygen atoms in total. The minimum atomic E-state index is -0.186. The molecule has 1 atom stereocenters. The first kappa shape index (κ1) is 14.8. The minimum absolute atomic E-state index is 0.186. The summed E-state index contributed by atoms with van der Waals surface area (Å²) in [6, 6.07) is 0. The first-order valence-corrected chi connectivity index (χ1v) is 7.51. The average molecular weight is 286 g/mol. The van der Waals surface area contributed by atoms with E-state index in [1.807, 2.05) is 18.7 Å². The number of aliphatic hydroxyl groups excluding tert-OH is 1. The van der Waals surface area contributed by atoms with Crippen molar-refractivity contribution >= 4 is 11.6 Å². The van der Waals surface area contributed by atoms with Gasteiger partial charge in [0.25, 0.3) is 0 Å². The van der Waals surface area contributed by atoms with Crippen molar-refractivity contribution in [2.75, 3.05) is 13.1 Å². The zero-order chi connectivity index (χ0) is 14.0. The molecular weight excluding hydrogens is 262 g/mol. The van der Waals surface area contributed by atoms with Crippen molar-refractivity contribution in [3.8, 4) is 0 Å². The number of nitrogens with zero attached hydrogens (tertiary/aromatic N) is 3. The smallest absolute Gasteiger partial charge is 0.0863 e. The van der Waals surface area contributed by atoms with Crippen molar-refractivity contribution in [3.63, 3.8) is 0 Å². The zero-order valence-electron chi connectivity index (χ0n) is 12.1. The van der Waals surface area contributed by atoms with E-state index in [1.54, 1.807) is 0 Å². The van der Waals surface area contributed by atoms with Crippen molar-refractivity contribution in [2.24, 2.45) is 13.0 Å². The number of piperidine rings is 1. The number of hydrogen-bond acceptors (Lipinski definition) is 3. The maximum absolute atomic E-state index is 9.62. The van der Waals surface area contributed by atoms with Gasteiger partial charge in [-0.3, -0.25) is 9.58 Å². The molecule has 2 heterocycles. The Labute approximate surface area is 120 Å². The summed E-state index contributed by atoms with van der Waals surface area (Å²) in [4.78, 5) is 2.40. The van der Waals surface area contributed by atoms with Gasteiger partial charge in [-0.2, -0.15) is 5.10 Å². The average Bonchev–Trinajstić information content (AvgIpc) is 2.67. The number of hydrogen-bond donors (Lipinski definition) is 1. The summed E-state index contributed by atoms with van der Waals surface area (Å²) in [5, 5.41) is 14.9. The van der Waals surface area contributed by atoms with Crippen molar-refractivity contribution in [1.29, 1.82) is 0 Å². The molecule has 0 radical (unpaired) electrons. The van der Waals surface area contributed by atoms with E-state index in [9.17, 15) is 5.11 Å². The number of halogens is 1. The molecule has 1 aromatic rings. The highest BCUT2D eigenvalue weighted by Crippen LogP contribution is 2.25. The summed E-state index contributed by atoms with van der Waals surface area (Å²) < 4.78 is 1.90. The second-order valence-corrected chi connectivity index (χ2v) is 5.92. The van der Waals surface area contributed by atoms with Gasteiger partial charge in [-0.05, 0) is 45.2 Å². The van der Waals surface area contributed by atoms with Crippen LogP contribution in [-0.2, 0) is 20.0 Å². The molecule has 19 heavy (non-hydrogen) atoms. The van der Waals surface area contributed by atoms with Gasteiger partial charge in [-0.25, -0.2) is 0 Å². The Hall–Kier alpha value is -0.580. The van der Waals surface area contributed by atoms with Gasteiger partial charge in [0.05, 0.1) is 22.5 Å². The Morgan fingerprint density at radius 3 is 2.53 bits per heavy atom. The molecule has 1 N–H and O–H groups in total. The van der Waals surface area contributed by atoms with Crippen LogP contribution < -0.4 is 0 Å². The van der Waals surface area contributed by atoms with E-state index in [1.165, 1.54) is 0 Å². The van der Waals surface area contributed by atoms with Crippen LogP contribution in [0.3, 0.4) is 0 Å². The van der Waals surface area contributed by atoms with Gasteiger partial charge in [0.2, 0.25) is 0 Å². The molecular formula is C14H24ClN3O. The van der Waals surface area contributed by atoms with E-state index < -0.39 is 0 Å². The van der Waals surface area contributed by atoms with Crippen molar-refractivity contribution < 1.29 is 5.11 Å². The lowest BCUT2D eigenvalue weighted by Crippen LogP contribution is -2.37. The summed E-state index contributed by atoms with van der Waals surface area (Å²) >= 11 is 6.38. The van der Waals surface area contributed by atoms with E-state index in [2.05, 4.69) is 16.9 Å². The Morgan fingerprint density at radius 2 is 2.05 bits per heavy atom. The van der Waals surface area contributed by atoms with Crippen molar-refractivity contribution in [1.82, 2.24) is 14.7 Å². The molecule has 0 aliphatic carbocycles. The standard InChI is InChI=1S/C14H24ClN3O/c1-4-12-14(15)13(17(3)16-12)9-18-7-5-11(6-8-18)10(2)19/h10-11,19H,4-9H2,1-3H3. The molecule has 0 bridgehead atoms. The van der Waals surface area contributed by atoms with Gasteiger partial charge in [0, 0.05) is 13.6 Å². The van der Waals surface area contributed by atoms with Crippen LogP contribution in [0.2, 0.25) is 5.02 Å². The molecule has 1 aliphatic rings. The molecule has 1 unspecified atom stereocenters. The van der Waals surface area contributed by atoms with Crippen LogP contribution in [0.4, 0.5) is 0 Å². The van der Waals surface area contributed by atoms with E-state index in [-0.39, 0.29) is 6.10 Å². The van der Waals surface area contributed by atoms with Crippen LogP contribution in [0.5, 0.6) is 0 Å². The maximum Gasteiger partial charge on any atom is 0.0863 e. The molecule has 108 valence electrons. The number of aromatic nitrogens is 2. The van der Waals surface area contributed by atoms with Crippen LogP contribution in [0.1, 0.15) is 38.1 Å². The van der Waals surface area contributed by atoms with E-state index >= 15 is 0 Å². The topological polar surface area (TPSA) is 41.3 Å². The maximum atomic E-state index is 9.62. The highest BCUT2D eigenvalue weighted by atomic mass is 35.5. The molecule has 0 spiro atoms. The van der Waals surface area contributed by atoms with Gasteiger partial charge in [-0.15, -0.1) is 0 Å². The van der Waals surface area contributed by atoms with Crippen molar-refractivity contribution in [2.45, 2.75) is 45.8 Å². The molecule has 1 aliphatic heterocycles. The quantitative estimate of drug-likeness (QED) is 0.922. The van der Waals surface area contributed by atoms with E-state index in [0.717, 1.165) is 55.3 Å². The molecule has 0 saturated carbocycles. The summed E-state index contributed by atoms with van der Waals surface area (Å²) in [6.07, 6.45) is 2.81. The SMILES string of the molecule is CCc1nn(C)c(CN2CCC(C(C)O)CC2)c1Cl. The fraction of sp³-hybridized carbons (Fsp3) is 0.786. The Kier molecular flexibility index (Phi) is 4.87. The molecule has 1 saturated heterocycles. The highest BCUT2D eigenvalue weighted by molar-refractivity contribution is 6.31. The summed E-state index contributed by atoms with van der Waals surface area (Å²) in [5.74, 6) is 0.449. The van der Waals surface area contributed by atoms with Gasteiger partial charge < -0.3 is 5.11 Å². The Morgan fingerprint density at radius 1 is 1.42 bits per heavy atom. The first-order chi connectivity index (χ1) is 9.02. The third kappa shape index (κ3) is 3.30. The second-order valence-electron chi connectivity index (χ2n) is 5.54. The van der Waals surface area contributed by atoms with E-state index in [4.69, 9.17) is 11.6 Å². The van der Waals surface area contributed by atoms with Crippen LogP contribution >= 0.6 is 11.6 Å². The molecule has 0 aromatic carbocycles. The molecule has 5 heteroatoms. The zero-order valence-corrected chi connectivity index (χ0v) is 12.8. The lowest BCUT2D eigenvalue weighted by Gasteiger charge is -2.33. The number of aryl methyl sites for hydroxylation is 2. The third-order valence-electron chi connectivity index (χ3n) is 4.19. The lowest BCUT2D eigenvalue weighted by atomic mass is 9.92. The second kappa shape index (κ2) is 6.25. The van der Waals surface area contributed by atoms with E-state index in [0.29, 0.717) is 5.92 Å². The third-order valence-corrected chi connectivity index (χ3v) is 4.63. The number of likely N-dealkylation sites (tertiary alicyclic amines) is 1. The molecule has 0 amide bonds. The highest BCUT2D eigenvalue weighted by Gasteiger charge is 2.24. The van der Waals surface area contributed by atoms with Crippen LogP contribution in [-0.4, -0.2) is 39.0 Å². The fourth-order valence-electron chi connectivity index (χ4n) is 2.80. The first-order valence-electron chi connectivity index (χ1n) is 7.13. The van der Waals surface area contributed by atoms with Crippen LogP contribution in [0.25, 0.3) is 0 Å². The van der Waals surface area contributed by atoms with Crippen LogP contribution in [0, 0.1) is 5.92 Å². The normalized spacial score (nSPS) is 19.8. The summed E-state index contributed by atoms with van der Waals surface area (Å²) in [7, 11) is 1.96. The lowest BCUT2D eigenvalue weighted by molar-refractivity contribution is 0.0688. The largest absolute Gasteiger partial charge is 0.393 e. The Balaban J connectivity index is 1.98. The molecule has 2 rings (SSSR count). The number of aliphatic hydroxyl groups is 1. The number of rotatable bonds is 4. The van der Waals surface area contributed by atoms with Crippen molar-refractivity contribution in [3.05, 3.63) is 16.4 Å². The predicted molar refractivity (Wildman–Crippen MR) is 77.3 cm³/mol. The van der Waals surface area contributed by atoms with Crippen LogP contribution in [0.15, 0.2) is 0 Å². The summed E-state index contributed by atoms with van der Waals surface area (Å²) in [6.45, 7) is 6.88. The van der Waals surface area contributed by atoms with Gasteiger partial charge in [0.1, 0.15) is 0 Å². The van der Waals surface area contributed by atoms with Gasteiger partial charge in [-0.1, -0.05) is 18.5 Å². The predicted octanol–water partition coefficient (Wildman–Crippen LogP) is 2.23. The molecule has 1 aromatic heterocycles. The van der Waals surface area contributed by atoms with Gasteiger partial charge >= 0.3 is 0 Å².